The molecule has 0 fully saturated rings. The zero-order valence-electron chi connectivity index (χ0n) is 19.1. The van der Waals surface area contributed by atoms with Crippen molar-refractivity contribution in [2.75, 3.05) is 38.9 Å². The zero-order chi connectivity index (χ0) is 23.5. The lowest BCUT2D eigenvalue weighted by molar-refractivity contribution is 0.0601. The number of hydrogen-bond donors (Lipinski definition) is 2. The first kappa shape index (κ1) is 24.6. The molecule has 0 unspecified atom stereocenters. The van der Waals surface area contributed by atoms with Gasteiger partial charge in [-0.25, -0.2) is 4.79 Å². The molecule has 0 spiro atoms. The Morgan fingerprint density at radius 1 is 1.13 bits per heavy atom. The predicted octanol–water partition coefficient (Wildman–Crippen LogP) is 4.66. The number of carbonyl (C=O) groups excluding carboxylic acids is 2. The maximum atomic E-state index is 12.5. The number of methoxy groups -OCH3 is 2. The van der Waals surface area contributed by atoms with Crippen molar-refractivity contribution in [3.8, 4) is 5.75 Å². The zero-order valence-corrected chi connectivity index (χ0v) is 20.8. The number of nitrogens with one attached hydrogen (secondary N) is 2. The third-order valence-corrected chi connectivity index (χ3v) is 6.08. The van der Waals surface area contributed by atoms with Crippen LogP contribution < -0.4 is 15.4 Å². The van der Waals surface area contributed by atoms with Crippen LogP contribution in [0.4, 0.5) is 10.7 Å². The van der Waals surface area contributed by atoms with Crippen LogP contribution in [-0.4, -0.2) is 50.2 Å². The summed E-state index contributed by atoms with van der Waals surface area (Å²) in [6.45, 7) is 8.08. The Morgan fingerprint density at radius 3 is 2.29 bits per heavy atom. The monoisotopic (exact) mass is 463 g/mol. The van der Waals surface area contributed by atoms with Gasteiger partial charge in [0.05, 0.1) is 30.3 Å². The summed E-state index contributed by atoms with van der Waals surface area (Å²) in [5.41, 5.74) is 2.59. The average Bonchev–Trinajstić information content (AvgIpc) is 3.01. The second-order valence-corrected chi connectivity index (χ2v) is 9.62. The molecule has 0 bridgehead atoms. The summed E-state index contributed by atoms with van der Waals surface area (Å²) in [6.07, 6.45) is 0. The van der Waals surface area contributed by atoms with Crippen molar-refractivity contribution in [2.24, 2.45) is 0 Å². The Labute approximate surface area is 192 Å². The van der Waals surface area contributed by atoms with E-state index in [1.165, 1.54) is 12.0 Å². The van der Waals surface area contributed by atoms with Crippen LogP contribution in [0, 0.1) is 6.92 Å². The highest BCUT2D eigenvalue weighted by molar-refractivity contribution is 7.80. The fourth-order valence-corrected chi connectivity index (χ4v) is 4.38. The molecule has 0 atom stereocenters. The second-order valence-electron chi connectivity index (χ2n) is 8.20. The van der Waals surface area contributed by atoms with Gasteiger partial charge in [-0.2, -0.15) is 0 Å². The summed E-state index contributed by atoms with van der Waals surface area (Å²) in [5, 5.41) is 6.90. The number of thiophene rings is 1. The normalized spacial score (nSPS) is 11.0. The standard InChI is InChI=1S/C22H29N3O4S2/c1-12-16(20(27)29-8)18(31-17(12)19(26)25(5)6)24-21(30)23-14-11-13(22(2,3)4)9-10-15(14)28-7/h9-11H,1-8H3,(H2,23,24,30). The number of amides is 1. The van der Waals surface area contributed by atoms with Crippen LogP contribution in [-0.2, 0) is 10.2 Å². The van der Waals surface area contributed by atoms with Crippen LogP contribution in [0.2, 0.25) is 0 Å². The number of benzene rings is 1. The molecule has 9 heteroatoms. The van der Waals surface area contributed by atoms with Crippen LogP contribution >= 0.6 is 23.6 Å². The van der Waals surface area contributed by atoms with Crippen molar-refractivity contribution >= 4 is 51.2 Å². The molecule has 0 aliphatic rings. The van der Waals surface area contributed by atoms with Crippen molar-refractivity contribution in [3.63, 3.8) is 0 Å². The van der Waals surface area contributed by atoms with E-state index in [9.17, 15) is 9.59 Å². The SMILES string of the molecule is COC(=O)c1c(NC(=S)Nc2cc(C(C)(C)C)ccc2OC)sc(C(=O)N(C)C)c1C. The van der Waals surface area contributed by atoms with Crippen molar-refractivity contribution in [3.05, 3.63) is 39.8 Å². The molecule has 1 heterocycles. The molecule has 0 saturated carbocycles. The molecule has 0 saturated heterocycles. The average molecular weight is 464 g/mol. The topological polar surface area (TPSA) is 79.9 Å². The lowest BCUT2D eigenvalue weighted by atomic mass is 9.87. The molecule has 7 nitrogen and oxygen atoms in total. The minimum Gasteiger partial charge on any atom is -0.495 e. The van der Waals surface area contributed by atoms with Crippen molar-refractivity contribution in [1.82, 2.24) is 4.90 Å². The van der Waals surface area contributed by atoms with Gasteiger partial charge in [-0.3, -0.25) is 4.79 Å². The predicted molar refractivity (Wildman–Crippen MR) is 130 cm³/mol. The highest BCUT2D eigenvalue weighted by atomic mass is 32.1. The fourth-order valence-electron chi connectivity index (χ4n) is 2.89. The van der Waals surface area contributed by atoms with Gasteiger partial charge >= 0.3 is 5.97 Å². The number of carbonyl (C=O) groups is 2. The Balaban J connectivity index is 2.39. The first-order valence-corrected chi connectivity index (χ1v) is 10.8. The van der Waals surface area contributed by atoms with Gasteiger partial charge in [-0.15, -0.1) is 11.3 Å². The van der Waals surface area contributed by atoms with E-state index in [0.717, 1.165) is 16.9 Å². The molecule has 31 heavy (non-hydrogen) atoms. The first-order valence-electron chi connectivity index (χ1n) is 9.60. The molecule has 0 radical (unpaired) electrons. The molecule has 1 amide bonds. The molecule has 2 rings (SSSR count). The summed E-state index contributed by atoms with van der Waals surface area (Å²) in [5.74, 6) is -0.0977. The Morgan fingerprint density at radius 2 is 1.77 bits per heavy atom. The van der Waals surface area contributed by atoms with Gasteiger partial charge in [-0.05, 0) is 47.8 Å². The van der Waals surface area contributed by atoms with Gasteiger partial charge in [0, 0.05) is 14.1 Å². The van der Waals surface area contributed by atoms with E-state index < -0.39 is 5.97 Å². The van der Waals surface area contributed by atoms with Crippen LogP contribution in [0.15, 0.2) is 18.2 Å². The minimum atomic E-state index is -0.538. The van der Waals surface area contributed by atoms with E-state index in [1.807, 2.05) is 18.2 Å². The number of esters is 1. The third-order valence-electron chi connectivity index (χ3n) is 4.68. The van der Waals surface area contributed by atoms with Crippen molar-refractivity contribution < 1.29 is 19.1 Å². The van der Waals surface area contributed by atoms with Crippen LogP contribution in [0.5, 0.6) is 5.75 Å². The molecular weight excluding hydrogens is 434 g/mol. The van der Waals surface area contributed by atoms with Gasteiger partial charge in [0.1, 0.15) is 10.8 Å². The van der Waals surface area contributed by atoms with Gasteiger partial charge < -0.3 is 25.0 Å². The summed E-state index contributed by atoms with van der Waals surface area (Å²) in [7, 11) is 6.21. The maximum absolute atomic E-state index is 12.5. The summed E-state index contributed by atoms with van der Waals surface area (Å²) < 4.78 is 10.4. The largest absolute Gasteiger partial charge is 0.495 e. The number of nitrogens with zero attached hydrogens (tertiary/aromatic N) is 1. The Hall–Kier alpha value is -2.65. The van der Waals surface area contributed by atoms with Gasteiger partial charge in [0.2, 0.25) is 0 Å². The quantitative estimate of drug-likeness (QED) is 0.493. The molecular formula is C22H29N3O4S2. The lowest BCUT2D eigenvalue weighted by Crippen LogP contribution is -2.21. The van der Waals surface area contributed by atoms with Gasteiger partial charge in [0.15, 0.2) is 5.11 Å². The highest BCUT2D eigenvalue weighted by Gasteiger charge is 2.26. The summed E-state index contributed by atoms with van der Waals surface area (Å²) in [4.78, 5) is 26.8. The van der Waals surface area contributed by atoms with E-state index in [1.54, 1.807) is 28.1 Å². The van der Waals surface area contributed by atoms with Gasteiger partial charge in [0.25, 0.3) is 5.91 Å². The summed E-state index contributed by atoms with van der Waals surface area (Å²) >= 11 is 6.66. The number of rotatable bonds is 5. The Bertz CT molecular complexity index is 1010. The number of ether oxygens (including phenoxy) is 2. The lowest BCUT2D eigenvalue weighted by Gasteiger charge is -2.21. The number of hydrogen-bond acceptors (Lipinski definition) is 6. The third kappa shape index (κ3) is 5.54. The minimum absolute atomic E-state index is 0.0535. The van der Waals surface area contributed by atoms with E-state index in [0.29, 0.717) is 26.9 Å². The Kier molecular flexibility index (Phi) is 7.67. The molecule has 2 aromatic rings. The second kappa shape index (κ2) is 9.65. The highest BCUT2D eigenvalue weighted by Crippen LogP contribution is 2.35. The van der Waals surface area contributed by atoms with E-state index in [2.05, 4.69) is 31.4 Å². The van der Waals surface area contributed by atoms with E-state index >= 15 is 0 Å². The van der Waals surface area contributed by atoms with Crippen molar-refractivity contribution in [1.29, 1.82) is 0 Å². The van der Waals surface area contributed by atoms with Crippen LogP contribution in [0.25, 0.3) is 0 Å². The van der Waals surface area contributed by atoms with E-state index in [4.69, 9.17) is 21.7 Å². The molecule has 0 aliphatic heterocycles. The first-order chi connectivity index (χ1) is 14.4. The fraction of sp³-hybridized carbons (Fsp3) is 0.409. The molecule has 2 N–H and O–H groups in total. The number of thiocarbonyl (C=S) groups is 1. The smallest absolute Gasteiger partial charge is 0.341 e. The molecule has 168 valence electrons. The molecule has 1 aromatic carbocycles. The molecule has 1 aromatic heterocycles. The maximum Gasteiger partial charge on any atom is 0.341 e. The van der Waals surface area contributed by atoms with Crippen LogP contribution in [0.3, 0.4) is 0 Å². The van der Waals surface area contributed by atoms with Gasteiger partial charge in [-0.1, -0.05) is 26.8 Å². The van der Waals surface area contributed by atoms with E-state index in [-0.39, 0.29) is 22.0 Å². The summed E-state index contributed by atoms with van der Waals surface area (Å²) in [6, 6.07) is 5.88. The molecule has 0 aliphatic carbocycles. The van der Waals surface area contributed by atoms with Crippen molar-refractivity contribution in [2.45, 2.75) is 33.1 Å². The van der Waals surface area contributed by atoms with Crippen LogP contribution in [0.1, 0.15) is 51.9 Å². The number of anilines is 2.